The van der Waals surface area contributed by atoms with E-state index < -0.39 is 11.6 Å². The first-order valence-corrected chi connectivity index (χ1v) is 8.64. The van der Waals surface area contributed by atoms with Crippen molar-refractivity contribution >= 4 is 28.4 Å². The number of carbonyl (C=O) groups excluding carboxylic acids is 1. The maximum atomic E-state index is 13.3. The molecule has 25 heavy (non-hydrogen) atoms. The number of fused-ring (bicyclic) bond motifs is 1. The van der Waals surface area contributed by atoms with E-state index in [-0.39, 0.29) is 11.5 Å². The smallest absolute Gasteiger partial charge is 0.175 e. The lowest BCUT2D eigenvalue weighted by atomic mass is 10.1. The van der Waals surface area contributed by atoms with Gasteiger partial charge in [0.05, 0.1) is 18.2 Å². The van der Waals surface area contributed by atoms with Crippen molar-refractivity contribution < 1.29 is 13.6 Å². The number of nitrogens with zero attached hydrogens (tertiary/aromatic N) is 2. The summed E-state index contributed by atoms with van der Waals surface area (Å²) in [6, 6.07) is 13.2. The number of para-hydroxylation sites is 1. The molecule has 126 valence electrons. The first kappa shape index (κ1) is 17.2. The van der Waals surface area contributed by atoms with Crippen molar-refractivity contribution in [1.82, 2.24) is 4.57 Å². The number of rotatable bonds is 6. The molecular formula is C19H14F2N2OS. The Labute approximate surface area is 147 Å². The Morgan fingerprint density at radius 3 is 2.72 bits per heavy atom. The van der Waals surface area contributed by atoms with Gasteiger partial charge in [-0.25, -0.2) is 8.78 Å². The Morgan fingerprint density at radius 1 is 1.16 bits per heavy atom. The first-order chi connectivity index (χ1) is 12.1. The number of aromatic nitrogens is 1. The number of thioether (sulfide) groups is 1. The molecule has 0 fully saturated rings. The monoisotopic (exact) mass is 356 g/mol. The number of halogens is 2. The van der Waals surface area contributed by atoms with Crippen LogP contribution in [0, 0.1) is 23.0 Å². The van der Waals surface area contributed by atoms with E-state index in [4.69, 9.17) is 5.26 Å². The molecule has 0 saturated carbocycles. The van der Waals surface area contributed by atoms with E-state index in [1.54, 1.807) is 6.20 Å². The van der Waals surface area contributed by atoms with Gasteiger partial charge in [0.1, 0.15) is 0 Å². The normalized spacial score (nSPS) is 10.8. The number of aryl methyl sites for hydroxylation is 1. The summed E-state index contributed by atoms with van der Waals surface area (Å²) in [6.45, 7) is 0.514. The second kappa shape index (κ2) is 7.49. The number of Topliss-reactive ketones (excluding diaryl/α,β-unsaturated/α-hetero) is 1. The van der Waals surface area contributed by atoms with Crippen LogP contribution in [0.2, 0.25) is 0 Å². The Balaban J connectivity index is 1.82. The van der Waals surface area contributed by atoms with E-state index in [0.29, 0.717) is 23.4 Å². The molecule has 0 aliphatic heterocycles. The molecule has 3 nitrogen and oxygen atoms in total. The molecule has 1 heterocycles. The van der Waals surface area contributed by atoms with Crippen LogP contribution in [0.1, 0.15) is 16.8 Å². The van der Waals surface area contributed by atoms with E-state index in [1.807, 2.05) is 28.8 Å². The van der Waals surface area contributed by atoms with Crippen molar-refractivity contribution in [1.29, 1.82) is 5.26 Å². The van der Waals surface area contributed by atoms with Crippen molar-refractivity contribution in [3.63, 3.8) is 0 Å². The minimum atomic E-state index is -0.925. The highest BCUT2D eigenvalue weighted by Gasteiger charge is 2.15. The molecule has 3 aromatic rings. The predicted octanol–water partition coefficient (Wildman–Crippen LogP) is 4.81. The van der Waals surface area contributed by atoms with Crippen LogP contribution in [0.15, 0.2) is 53.6 Å². The summed E-state index contributed by atoms with van der Waals surface area (Å²) < 4.78 is 28.1. The van der Waals surface area contributed by atoms with E-state index in [1.165, 1.54) is 6.07 Å². The lowest BCUT2D eigenvalue weighted by Crippen LogP contribution is -2.02. The fourth-order valence-electron chi connectivity index (χ4n) is 2.62. The molecule has 0 N–H and O–H groups in total. The highest BCUT2D eigenvalue weighted by molar-refractivity contribution is 8.00. The Morgan fingerprint density at radius 2 is 1.96 bits per heavy atom. The minimum Gasteiger partial charge on any atom is -0.346 e. The molecule has 0 bridgehead atoms. The van der Waals surface area contributed by atoms with Crippen LogP contribution in [-0.2, 0) is 6.54 Å². The second-order valence-corrected chi connectivity index (χ2v) is 6.50. The third kappa shape index (κ3) is 3.72. The van der Waals surface area contributed by atoms with Gasteiger partial charge in [-0.15, -0.1) is 11.8 Å². The van der Waals surface area contributed by atoms with Gasteiger partial charge in [0.15, 0.2) is 17.4 Å². The number of hydrogen-bond acceptors (Lipinski definition) is 3. The van der Waals surface area contributed by atoms with E-state index in [2.05, 4.69) is 6.07 Å². The molecular weight excluding hydrogens is 342 g/mol. The zero-order valence-corrected chi connectivity index (χ0v) is 14.0. The number of nitriles is 1. The van der Waals surface area contributed by atoms with Crippen molar-refractivity contribution in [2.45, 2.75) is 17.9 Å². The van der Waals surface area contributed by atoms with Crippen LogP contribution in [0.4, 0.5) is 8.78 Å². The predicted molar refractivity (Wildman–Crippen MR) is 93.6 cm³/mol. The van der Waals surface area contributed by atoms with Crippen molar-refractivity contribution in [2.24, 2.45) is 0 Å². The summed E-state index contributed by atoms with van der Waals surface area (Å²) in [7, 11) is 0. The molecule has 2 aromatic carbocycles. The lowest BCUT2D eigenvalue weighted by Gasteiger charge is -2.02. The van der Waals surface area contributed by atoms with Crippen LogP contribution in [0.3, 0.4) is 0 Å². The van der Waals surface area contributed by atoms with Crippen LogP contribution in [0.5, 0.6) is 0 Å². The maximum Gasteiger partial charge on any atom is 0.175 e. The van der Waals surface area contributed by atoms with Gasteiger partial charge in [0, 0.05) is 34.1 Å². The fraction of sp³-hybridized carbons (Fsp3) is 0.158. The van der Waals surface area contributed by atoms with Crippen molar-refractivity contribution in [2.75, 3.05) is 5.75 Å². The van der Waals surface area contributed by atoms with E-state index in [9.17, 15) is 13.6 Å². The van der Waals surface area contributed by atoms with Gasteiger partial charge < -0.3 is 4.57 Å². The van der Waals surface area contributed by atoms with E-state index in [0.717, 1.165) is 34.8 Å². The van der Waals surface area contributed by atoms with Crippen LogP contribution in [0.25, 0.3) is 10.9 Å². The zero-order chi connectivity index (χ0) is 17.8. The molecule has 0 spiro atoms. The SMILES string of the molecule is N#CCCn1cc(C(=O)CSc2ccc(F)c(F)c2)c2ccccc21. The van der Waals surface area contributed by atoms with Crippen molar-refractivity contribution in [3.8, 4) is 6.07 Å². The average Bonchev–Trinajstić information content (AvgIpc) is 2.99. The molecule has 0 aliphatic carbocycles. The second-order valence-electron chi connectivity index (χ2n) is 5.45. The molecule has 0 atom stereocenters. The number of benzene rings is 2. The van der Waals surface area contributed by atoms with Gasteiger partial charge in [-0.05, 0) is 24.3 Å². The van der Waals surface area contributed by atoms with Crippen LogP contribution < -0.4 is 0 Å². The largest absolute Gasteiger partial charge is 0.346 e. The van der Waals surface area contributed by atoms with Gasteiger partial charge in [-0.2, -0.15) is 5.26 Å². The van der Waals surface area contributed by atoms with Gasteiger partial charge in [-0.1, -0.05) is 18.2 Å². The third-order valence-electron chi connectivity index (χ3n) is 3.81. The summed E-state index contributed by atoms with van der Waals surface area (Å²) >= 11 is 1.16. The summed E-state index contributed by atoms with van der Waals surface area (Å²) in [5.74, 6) is -1.81. The third-order valence-corrected chi connectivity index (χ3v) is 4.81. The maximum absolute atomic E-state index is 13.3. The minimum absolute atomic E-state index is 0.0957. The highest BCUT2D eigenvalue weighted by atomic mass is 32.2. The van der Waals surface area contributed by atoms with E-state index >= 15 is 0 Å². The quantitative estimate of drug-likeness (QED) is 0.470. The van der Waals surface area contributed by atoms with Gasteiger partial charge in [0.2, 0.25) is 0 Å². The lowest BCUT2D eigenvalue weighted by molar-refractivity contribution is 0.102. The molecule has 3 rings (SSSR count). The first-order valence-electron chi connectivity index (χ1n) is 7.66. The molecule has 0 unspecified atom stereocenters. The molecule has 1 aromatic heterocycles. The van der Waals surface area contributed by atoms with Gasteiger partial charge >= 0.3 is 0 Å². The number of carbonyl (C=O) groups is 1. The topological polar surface area (TPSA) is 45.8 Å². The number of hydrogen-bond donors (Lipinski definition) is 0. The van der Waals surface area contributed by atoms with Gasteiger partial charge in [0.25, 0.3) is 0 Å². The summed E-state index contributed by atoms with van der Waals surface area (Å²) in [4.78, 5) is 13.1. The Bertz CT molecular complexity index is 975. The molecule has 0 radical (unpaired) electrons. The van der Waals surface area contributed by atoms with Crippen LogP contribution >= 0.6 is 11.8 Å². The Kier molecular flexibility index (Phi) is 5.15. The fourth-order valence-corrected chi connectivity index (χ4v) is 3.42. The van der Waals surface area contributed by atoms with Crippen LogP contribution in [-0.4, -0.2) is 16.1 Å². The zero-order valence-electron chi connectivity index (χ0n) is 13.2. The Hall–Kier alpha value is -2.65. The average molecular weight is 356 g/mol. The number of ketones is 1. The van der Waals surface area contributed by atoms with Gasteiger partial charge in [-0.3, -0.25) is 4.79 Å². The highest BCUT2D eigenvalue weighted by Crippen LogP contribution is 2.26. The summed E-state index contributed by atoms with van der Waals surface area (Å²) in [5, 5.41) is 9.61. The molecule has 0 aliphatic rings. The summed E-state index contributed by atoms with van der Waals surface area (Å²) in [6.07, 6.45) is 2.12. The molecule has 0 saturated heterocycles. The summed E-state index contributed by atoms with van der Waals surface area (Å²) in [5.41, 5.74) is 1.47. The molecule has 0 amide bonds. The standard InChI is InChI=1S/C19H14F2N2OS/c20-16-7-6-13(10-17(16)21)25-12-19(24)15-11-23(9-3-8-22)18-5-2-1-4-14(15)18/h1-2,4-7,10-11H,3,9,12H2. The molecule has 6 heteroatoms. The van der Waals surface area contributed by atoms with Crippen molar-refractivity contribution in [3.05, 3.63) is 65.9 Å².